The van der Waals surface area contributed by atoms with Gasteiger partial charge in [-0.2, -0.15) is 0 Å². The van der Waals surface area contributed by atoms with Gasteiger partial charge in [0.2, 0.25) is 0 Å². The maximum Gasteiger partial charge on any atom is 0.410 e. The highest BCUT2D eigenvalue weighted by atomic mass is 16.6. The smallest absolute Gasteiger partial charge is 0.410 e. The monoisotopic (exact) mass is 554 g/mol. The fourth-order valence-corrected chi connectivity index (χ4v) is 4.79. The maximum atomic E-state index is 12.0. The minimum atomic E-state index is -0.965. The number of rotatable bonds is 6. The van der Waals surface area contributed by atoms with Gasteiger partial charge in [-0.25, -0.2) is 19.2 Å². The number of likely N-dealkylation sites (tertiary alicyclic amines) is 2. The highest BCUT2D eigenvalue weighted by Crippen LogP contribution is 2.24. The Morgan fingerprint density at radius 2 is 1.02 bits per heavy atom. The number of nitrogens with zero attached hydrogens (tertiary/aromatic N) is 2. The van der Waals surface area contributed by atoms with Crippen LogP contribution in [-0.4, -0.2) is 69.3 Å². The van der Waals surface area contributed by atoms with E-state index in [1.807, 2.05) is 74.5 Å². The summed E-state index contributed by atoms with van der Waals surface area (Å²) in [6, 6.07) is 17.1. The van der Waals surface area contributed by atoms with Gasteiger partial charge >= 0.3 is 24.1 Å². The van der Waals surface area contributed by atoms with Crippen LogP contribution in [0.4, 0.5) is 9.59 Å². The number of benzene rings is 2. The van der Waals surface area contributed by atoms with Crippen molar-refractivity contribution in [2.75, 3.05) is 13.1 Å². The zero-order chi connectivity index (χ0) is 29.1. The predicted octanol–water partition coefficient (Wildman–Crippen LogP) is 5.02. The Morgan fingerprint density at radius 1 is 0.675 bits per heavy atom. The molecule has 0 spiro atoms. The molecule has 40 heavy (non-hydrogen) atoms. The molecule has 0 radical (unpaired) electrons. The van der Waals surface area contributed by atoms with Gasteiger partial charge in [-0.1, -0.05) is 74.5 Å². The number of hydrogen-bond donors (Lipinski definition) is 2. The molecule has 2 aromatic carbocycles. The number of piperidine rings is 2. The molecule has 0 saturated carbocycles. The van der Waals surface area contributed by atoms with E-state index in [0.29, 0.717) is 37.8 Å². The molecule has 0 unspecified atom stereocenters. The summed E-state index contributed by atoms with van der Waals surface area (Å²) >= 11 is 0. The summed E-state index contributed by atoms with van der Waals surface area (Å²) in [5, 5.41) is 18.4. The van der Waals surface area contributed by atoms with Crippen molar-refractivity contribution in [2.45, 2.75) is 64.8 Å². The molecule has 216 valence electrons. The van der Waals surface area contributed by atoms with Crippen LogP contribution in [0.5, 0.6) is 0 Å². The fraction of sp³-hybridized carbons (Fsp3) is 0.467. The number of amides is 2. The SMILES string of the molecule is C[C@@H]1CCN(C(=O)OCc2ccccc2)[C@@H](C(=O)O)C1.C[C@H]1CCN(C(=O)OCc2ccccc2)[C@H](C(=O)O)C1. The van der Waals surface area contributed by atoms with Gasteiger partial charge in [0.1, 0.15) is 25.3 Å². The summed E-state index contributed by atoms with van der Waals surface area (Å²) in [6.45, 7) is 5.21. The predicted molar refractivity (Wildman–Crippen MR) is 146 cm³/mol. The first kappa shape index (κ1) is 30.5. The second kappa shape index (κ2) is 14.9. The van der Waals surface area contributed by atoms with Gasteiger partial charge in [0.25, 0.3) is 0 Å². The van der Waals surface area contributed by atoms with Crippen LogP contribution in [0.1, 0.15) is 50.7 Å². The third-order valence-electron chi connectivity index (χ3n) is 7.18. The van der Waals surface area contributed by atoms with Crippen molar-refractivity contribution in [2.24, 2.45) is 11.8 Å². The van der Waals surface area contributed by atoms with Crippen molar-refractivity contribution >= 4 is 24.1 Å². The molecule has 2 amide bonds. The summed E-state index contributed by atoms with van der Waals surface area (Å²) in [5.41, 5.74) is 1.77. The molecule has 2 heterocycles. The lowest BCUT2D eigenvalue weighted by Gasteiger charge is -2.35. The van der Waals surface area contributed by atoms with Gasteiger partial charge in [-0.3, -0.25) is 9.80 Å². The maximum absolute atomic E-state index is 12.0. The van der Waals surface area contributed by atoms with E-state index in [1.54, 1.807) is 0 Å². The zero-order valence-corrected chi connectivity index (χ0v) is 23.0. The molecule has 2 aliphatic rings. The van der Waals surface area contributed by atoms with E-state index in [2.05, 4.69) is 0 Å². The molecule has 4 atom stereocenters. The van der Waals surface area contributed by atoms with Crippen molar-refractivity contribution in [1.82, 2.24) is 9.80 Å². The number of carbonyl (C=O) groups is 4. The van der Waals surface area contributed by atoms with E-state index < -0.39 is 36.2 Å². The number of aliphatic carboxylic acids is 2. The van der Waals surface area contributed by atoms with Gasteiger partial charge in [0.05, 0.1) is 0 Å². The summed E-state index contributed by atoms with van der Waals surface area (Å²) < 4.78 is 10.4. The minimum absolute atomic E-state index is 0.165. The third kappa shape index (κ3) is 9.00. The van der Waals surface area contributed by atoms with Crippen molar-refractivity contribution in [3.05, 3.63) is 71.8 Å². The van der Waals surface area contributed by atoms with Gasteiger partial charge in [0, 0.05) is 13.1 Å². The summed E-state index contributed by atoms with van der Waals surface area (Å²) in [6.07, 6.45) is 1.49. The first-order valence-corrected chi connectivity index (χ1v) is 13.6. The molecule has 2 aliphatic heterocycles. The highest BCUT2D eigenvalue weighted by molar-refractivity contribution is 5.81. The summed E-state index contributed by atoms with van der Waals surface area (Å²) in [5.74, 6) is -1.30. The van der Waals surface area contributed by atoms with Crippen LogP contribution in [0.3, 0.4) is 0 Å². The van der Waals surface area contributed by atoms with Crippen LogP contribution in [0.2, 0.25) is 0 Å². The Labute approximate surface area is 234 Å². The van der Waals surface area contributed by atoms with Crippen molar-refractivity contribution in [3.8, 4) is 0 Å². The molecule has 10 heteroatoms. The third-order valence-corrected chi connectivity index (χ3v) is 7.18. The lowest BCUT2D eigenvalue weighted by Crippen LogP contribution is -2.49. The molecule has 0 bridgehead atoms. The van der Waals surface area contributed by atoms with E-state index in [4.69, 9.17) is 9.47 Å². The number of carbonyl (C=O) groups excluding carboxylic acids is 2. The lowest BCUT2D eigenvalue weighted by atomic mass is 9.93. The van der Waals surface area contributed by atoms with Crippen LogP contribution >= 0.6 is 0 Å². The van der Waals surface area contributed by atoms with E-state index in [1.165, 1.54) is 9.80 Å². The molecule has 2 N–H and O–H groups in total. The molecule has 2 saturated heterocycles. The van der Waals surface area contributed by atoms with Gasteiger partial charge in [-0.15, -0.1) is 0 Å². The van der Waals surface area contributed by atoms with E-state index >= 15 is 0 Å². The first-order chi connectivity index (χ1) is 19.2. The highest BCUT2D eigenvalue weighted by Gasteiger charge is 2.36. The van der Waals surface area contributed by atoms with Crippen molar-refractivity contribution in [3.63, 3.8) is 0 Å². The summed E-state index contributed by atoms with van der Waals surface area (Å²) in [4.78, 5) is 49.2. The van der Waals surface area contributed by atoms with Crippen LogP contribution in [0, 0.1) is 11.8 Å². The normalized spacial score (nSPS) is 22.4. The average Bonchev–Trinajstić information content (AvgIpc) is 2.96. The van der Waals surface area contributed by atoms with Crippen molar-refractivity contribution < 1.29 is 38.9 Å². The van der Waals surface area contributed by atoms with Gasteiger partial charge in [-0.05, 0) is 48.6 Å². The number of hydrogen-bond acceptors (Lipinski definition) is 6. The Bertz CT molecular complexity index is 1040. The Hall–Kier alpha value is -4.08. The quantitative estimate of drug-likeness (QED) is 0.509. The van der Waals surface area contributed by atoms with Crippen LogP contribution in [-0.2, 0) is 32.3 Å². The average molecular weight is 555 g/mol. The van der Waals surface area contributed by atoms with Crippen LogP contribution in [0.25, 0.3) is 0 Å². The van der Waals surface area contributed by atoms with Gasteiger partial charge in [0.15, 0.2) is 0 Å². The van der Waals surface area contributed by atoms with Crippen LogP contribution in [0.15, 0.2) is 60.7 Å². The molecule has 0 aromatic heterocycles. The molecule has 10 nitrogen and oxygen atoms in total. The Balaban J connectivity index is 0.000000220. The molecule has 4 rings (SSSR count). The largest absolute Gasteiger partial charge is 0.480 e. The Kier molecular flexibility index (Phi) is 11.4. The molecule has 2 fully saturated rings. The first-order valence-electron chi connectivity index (χ1n) is 13.6. The fourth-order valence-electron chi connectivity index (χ4n) is 4.79. The Morgan fingerprint density at radius 3 is 1.35 bits per heavy atom. The van der Waals surface area contributed by atoms with E-state index in [-0.39, 0.29) is 13.2 Å². The van der Waals surface area contributed by atoms with Crippen LogP contribution < -0.4 is 0 Å². The van der Waals surface area contributed by atoms with Gasteiger partial charge < -0.3 is 19.7 Å². The minimum Gasteiger partial charge on any atom is -0.480 e. The van der Waals surface area contributed by atoms with Crippen molar-refractivity contribution in [1.29, 1.82) is 0 Å². The van der Waals surface area contributed by atoms with E-state index in [9.17, 15) is 29.4 Å². The number of carboxylic acids is 2. The number of ether oxygens (including phenoxy) is 2. The number of carboxylic acid groups (broad SMARTS) is 2. The second-order valence-corrected chi connectivity index (χ2v) is 10.4. The molecule has 2 aromatic rings. The van der Waals surface area contributed by atoms with E-state index in [0.717, 1.165) is 24.0 Å². The lowest BCUT2D eigenvalue weighted by molar-refractivity contribution is -0.145. The topological polar surface area (TPSA) is 134 Å². The molecular formula is C30H38N2O8. The standard InChI is InChI=1S/2C15H19NO4/c2*1-11-7-8-16(13(9-11)14(17)18)15(19)20-10-12-5-3-2-4-6-12/h2*2-6,11,13H,7-10H2,1H3,(H,17,18)/t2*11-,13-/m10/s1. The molecular weight excluding hydrogens is 516 g/mol. The molecule has 0 aliphatic carbocycles. The second-order valence-electron chi connectivity index (χ2n) is 10.4. The zero-order valence-electron chi connectivity index (χ0n) is 23.0. The summed E-state index contributed by atoms with van der Waals surface area (Å²) in [7, 11) is 0.